The van der Waals surface area contributed by atoms with Crippen LogP contribution in [0.5, 0.6) is 0 Å². The van der Waals surface area contributed by atoms with Crippen LogP contribution in [-0.4, -0.2) is 34.9 Å². The van der Waals surface area contributed by atoms with Crippen molar-refractivity contribution >= 4 is 5.91 Å². The summed E-state index contributed by atoms with van der Waals surface area (Å²) in [4.78, 5) is 19.7. The molecule has 0 saturated carbocycles. The normalized spacial score (nSPS) is 20.6. The molecule has 2 aromatic rings. The van der Waals surface area contributed by atoms with E-state index in [1.165, 1.54) is 0 Å². The Balaban J connectivity index is 2.04. The highest BCUT2D eigenvalue weighted by atomic mass is 16.2. The van der Waals surface area contributed by atoms with Gasteiger partial charge in [-0.25, -0.2) is 0 Å². The molecule has 0 spiro atoms. The van der Waals surface area contributed by atoms with Crippen LogP contribution in [0.1, 0.15) is 41.4 Å². The number of nitrogens with two attached hydrogens (primary N) is 1. The predicted octanol–water partition coefficient (Wildman–Crippen LogP) is 3.56. The van der Waals surface area contributed by atoms with Gasteiger partial charge in [0, 0.05) is 36.6 Å². The maximum Gasteiger partial charge on any atom is 0.254 e. The van der Waals surface area contributed by atoms with E-state index in [9.17, 15) is 4.79 Å². The smallest absolute Gasteiger partial charge is 0.254 e. The molecule has 1 aromatic carbocycles. The topological polar surface area (TPSA) is 59.2 Å². The quantitative estimate of drug-likeness (QED) is 0.931. The van der Waals surface area contributed by atoms with Crippen molar-refractivity contribution < 1.29 is 4.79 Å². The van der Waals surface area contributed by atoms with Gasteiger partial charge < -0.3 is 10.6 Å². The number of aryl methyl sites for hydroxylation is 2. The van der Waals surface area contributed by atoms with E-state index >= 15 is 0 Å². The van der Waals surface area contributed by atoms with Crippen LogP contribution in [0.2, 0.25) is 0 Å². The third-order valence-electron chi connectivity index (χ3n) is 5.23. The molecule has 3 rings (SSSR count). The molecule has 132 valence electrons. The lowest BCUT2D eigenvalue weighted by molar-refractivity contribution is 0.0533. The van der Waals surface area contributed by atoms with Crippen LogP contribution >= 0.6 is 0 Å². The monoisotopic (exact) mass is 337 g/mol. The summed E-state index contributed by atoms with van der Waals surface area (Å²) in [5.74, 6) is 0.536. The van der Waals surface area contributed by atoms with Crippen molar-refractivity contribution in [3.05, 3.63) is 53.3 Å². The average Bonchev–Trinajstić information content (AvgIpc) is 2.60. The molecular formula is C21H27N3O. The Labute approximate surface area is 150 Å². The number of amides is 1. The zero-order valence-corrected chi connectivity index (χ0v) is 15.3. The Kier molecular flexibility index (Phi) is 5.19. The van der Waals surface area contributed by atoms with Crippen molar-refractivity contribution in [3.8, 4) is 11.1 Å². The standard InChI is InChI=1S/C21H27N3O/c1-14-6-7-18(17-8-9-23-16(3)12-17)19(11-14)21(25)24-10-4-5-15(2)20(24)13-22/h6-9,11-12,15,20H,4-5,10,13,22H2,1-3H3/t15-,20-/m1/s1. The molecule has 2 atom stereocenters. The van der Waals surface area contributed by atoms with E-state index in [4.69, 9.17) is 5.73 Å². The fraction of sp³-hybridized carbons (Fsp3) is 0.429. The van der Waals surface area contributed by atoms with E-state index in [-0.39, 0.29) is 11.9 Å². The third kappa shape index (κ3) is 3.59. The van der Waals surface area contributed by atoms with Gasteiger partial charge in [0.25, 0.3) is 5.91 Å². The zero-order chi connectivity index (χ0) is 18.0. The highest BCUT2D eigenvalue weighted by molar-refractivity contribution is 6.01. The van der Waals surface area contributed by atoms with Crippen molar-refractivity contribution in [2.75, 3.05) is 13.1 Å². The van der Waals surface area contributed by atoms with E-state index in [2.05, 4.69) is 18.0 Å². The van der Waals surface area contributed by atoms with E-state index in [1.54, 1.807) is 6.20 Å². The van der Waals surface area contributed by atoms with Gasteiger partial charge in [0.15, 0.2) is 0 Å². The van der Waals surface area contributed by atoms with Gasteiger partial charge in [0.2, 0.25) is 0 Å². The Morgan fingerprint density at radius 1 is 1.28 bits per heavy atom. The number of carbonyl (C=O) groups excluding carboxylic acids is 1. The Bertz CT molecular complexity index is 771. The molecule has 4 heteroatoms. The average molecular weight is 337 g/mol. The summed E-state index contributed by atoms with van der Waals surface area (Å²) in [6.45, 7) is 7.49. The summed E-state index contributed by atoms with van der Waals surface area (Å²) in [5.41, 5.74) is 10.8. The largest absolute Gasteiger partial charge is 0.334 e. The van der Waals surface area contributed by atoms with Gasteiger partial charge in [0.1, 0.15) is 0 Å². The van der Waals surface area contributed by atoms with Crippen LogP contribution in [0.15, 0.2) is 36.5 Å². The number of carbonyl (C=O) groups is 1. The van der Waals surface area contributed by atoms with Crippen LogP contribution in [0, 0.1) is 19.8 Å². The maximum atomic E-state index is 13.4. The SMILES string of the molecule is Cc1ccc(-c2ccnc(C)c2)c(C(=O)N2CCC[C@@H](C)[C@H]2CN)c1. The maximum absolute atomic E-state index is 13.4. The summed E-state index contributed by atoms with van der Waals surface area (Å²) >= 11 is 0. The van der Waals surface area contributed by atoms with Gasteiger partial charge in [-0.05, 0) is 61.9 Å². The van der Waals surface area contributed by atoms with Crippen LogP contribution < -0.4 is 5.73 Å². The molecular weight excluding hydrogens is 310 g/mol. The summed E-state index contributed by atoms with van der Waals surface area (Å²) in [5, 5.41) is 0. The van der Waals surface area contributed by atoms with E-state index < -0.39 is 0 Å². The molecule has 0 bridgehead atoms. The van der Waals surface area contributed by atoms with Crippen molar-refractivity contribution in [3.63, 3.8) is 0 Å². The number of pyridine rings is 1. The molecule has 1 saturated heterocycles. The van der Waals surface area contributed by atoms with Crippen molar-refractivity contribution in [2.45, 2.75) is 39.7 Å². The van der Waals surface area contributed by atoms with E-state index in [0.717, 1.165) is 47.3 Å². The number of hydrogen-bond acceptors (Lipinski definition) is 3. The number of aromatic nitrogens is 1. The van der Waals surface area contributed by atoms with Gasteiger partial charge >= 0.3 is 0 Å². The number of hydrogen-bond donors (Lipinski definition) is 1. The molecule has 1 aromatic heterocycles. The summed E-state index contributed by atoms with van der Waals surface area (Å²) in [6.07, 6.45) is 3.97. The predicted molar refractivity (Wildman–Crippen MR) is 101 cm³/mol. The lowest BCUT2D eigenvalue weighted by Gasteiger charge is -2.39. The molecule has 1 aliphatic rings. The molecule has 0 aliphatic carbocycles. The first-order chi connectivity index (χ1) is 12.0. The first-order valence-corrected chi connectivity index (χ1v) is 9.06. The first kappa shape index (κ1) is 17.6. The number of likely N-dealkylation sites (tertiary alicyclic amines) is 1. The molecule has 25 heavy (non-hydrogen) atoms. The number of benzene rings is 1. The fourth-order valence-corrected chi connectivity index (χ4v) is 3.82. The molecule has 1 amide bonds. The molecule has 2 N–H and O–H groups in total. The molecule has 1 aliphatic heterocycles. The summed E-state index contributed by atoms with van der Waals surface area (Å²) in [6, 6.07) is 10.2. The molecule has 4 nitrogen and oxygen atoms in total. The Morgan fingerprint density at radius 3 is 2.80 bits per heavy atom. The summed E-state index contributed by atoms with van der Waals surface area (Å²) < 4.78 is 0. The number of rotatable bonds is 3. The van der Waals surface area contributed by atoms with Gasteiger partial charge in [-0.1, -0.05) is 24.6 Å². The minimum Gasteiger partial charge on any atom is -0.334 e. The third-order valence-corrected chi connectivity index (χ3v) is 5.23. The highest BCUT2D eigenvalue weighted by Crippen LogP contribution is 2.30. The lowest BCUT2D eigenvalue weighted by atomic mass is 9.89. The highest BCUT2D eigenvalue weighted by Gasteiger charge is 2.32. The lowest BCUT2D eigenvalue weighted by Crippen LogP contribution is -2.51. The van der Waals surface area contributed by atoms with Crippen LogP contribution in [0.25, 0.3) is 11.1 Å². The van der Waals surface area contributed by atoms with Crippen LogP contribution in [0.3, 0.4) is 0 Å². The number of nitrogens with zero attached hydrogens (tertiary/aromatic N) is 2. The van der Waals surface area contributed by atoms with Gasteiger partial charge in [0.05, 0.1) is 0 Å². The van der Waals surface area contributed by atoms with Gasteiger partial charge in [-0.3, -0.25) is 9.78 Å². The van der Waals surface area contributed by atoms with Crippen molar-refractivity contribution in [2.24, 2.45) is 11.7 Å². The fourth-order valence-electron chi connectivity index (χ4n) is 3.82. The van der Waals surface area contributed by atoms with Crippen LogP contribution in [-0.2, 0) is 0 Å². The van der Waals surface area contributed by atoms with Crippen molar-refractivity contribution in [1.29, 1.82) is 0 Å². The second-order valence-electron chi connectivity index (χ2n) is 7.16. The Hall–Kier alpha value is -2.20. The van der Waals surface area contributed by atoms with Gasteiger partial charge in [-0.15, -0.1) is 0 Å². The van der Waals surface area contributed by atoms with E-state index in [1.807, 2.05) is 43.0 Å². The number of piperidine rings is 1. The molecule has 1 fully saturated rings. The first-order valence-electron chi connectivity index (χ1n) is 9.06. The zero-order valence-electron chi connectivity index (χ0n) is 15.3. The van der Waals surface area contributed by atoms with Crippen LogP contribution in [0.4, 0.5) is 0 Å². The second-order valence-corrected chi connectivity index (χ2v) is 7.16. The Morgan fingerprint density at radius 2 is 2.08 bits per heavy atom. The molecule has 2 heterocycles. The summed E-state index contributed by atoms with van der Waals surface area (Å²) in [7, 11) is 0. The molecule has 0 radical (unpaired) electrons. The van der Waals surface area contributed by atoms with Crippen molar-refractivity contribution in [1.82, 2.24) is 9.88 Å². The minimum atomic E-state index is 0.0927. The second kappa shape index (κ2) is 7.36. The minimum absolute atomic E-state index is 0.0927. The van der Waals surface area contributed by atoms with E-state index in [0.29, 0.717) is 12.5 Å². The molecule has 0 unspecified atom stereocenters. The van der Waals surface area contributed by atoms with Gasteiger partial charge in [-0.2, -0.15) is 0 Å².